The summed E-state index contributed by atoms with van der Waals surface area (Å²) in [5.74, 6) is -0.315. The quantitative estimate of drug-likeness (QED) is 0.628. The fourth-order valence-corrected chi connectivity index (χ4v) is 1.26. The van der Waals surface area contributed by atoms with Crippen molar-refractivity contribution in [1.29, 1.82) is 0 Å². The van der Waals surface area contributed by atoms with E-state index in [-0.39, 0.29) is 12.2 Å². The second-order valence-electron chi connectivity index (χ2n) is 3.33. The number of nitrogens with one attached hydrogen (secondary N) is 1. The molecule has 5 heteroatoms. The number of aromatic hydroxyl groups is 1. The Balaban J connectivity index is 2.45. The Bertz CT molecular complexity index is 365. The highest BCUT2D eigenvalue weighted by Crippen LogP contribution is 2.25. The van der Waals surface area contributed by atoms with Crippen molar-refractivity contribution in [2.24, 2.45) is 0 Å². The van der Waals surface area contributed by atoms with E-state index in [2.05, 4.69) is 5.32 Å². The molecule has 0 bridgehead atoms. The van der Waals surface area contributed by atoms with E-state index in [9.17, 15) is 9.90 Å². The molecule has 1 rings (SSSR count). The van der Waals surface area contributed by atoms with Gasteiger partial charge in [-0.25, -0.2) is 0 Å². The summed E-state index contributed by atoms with van der Waals surface area (Å²) in [7, 11) is 1.48. The van der Waals surface area contributed by atoms with E-state index in [4.69, 9.17) is 9.84 Å². The van der Waals surface area contributed by atoms with E-state index in [0.717, 1.165) is 5.56 Å². The van der Waals surface area contributed by atoms with Crippen molar-refractivity contribution < 1.29 is 19.7 Å². The van der Waals surface area contributed by atoms with Gasteiger partial charge in [0.15, 0.2) is 11.5 Å². The fourth-order valence-electron chi connectivity index (χ4n) is 1.26. The Kier molecular flexibility index (Phi) is 4.60. The Hall–Kier alpha value is -1.75. The Labute approximate surface area is 93.7 Å². The number of carbonyl (C=O) groups is 1. The lowest BCUT2D eigenvalue weighted by Gasteiger charge is -2.07. The van der Waals surface area contributed by atoms with Gasteiger partial charge in [0.2, 0.25) is 0 Å². The summed E-state index contributed by atoms with van der Waals surface area (Å²) < 4.78 is 4.96. The highest BCUT2D eigenvalue weighted by molar-refractivity contribution is 5.66. The number of hydrogen-bond acceptors (Lipinski definition) is 4. The minimum absolute atomic E-state index is 0.0925. The minimum atomic E-state index is -0.823. The molecule has 0 saturated carbocycles. The first-order valence-electron chi connectivity index (χ1n) is 4.92. The first-order chi connectivity index (χ1) is 7.63. The number of phenolic OH excluding ortho intramolecular Hbond substituents is 1. The van der Waals surface area contributed by atoms with Crippen LogP contribution in [0.15, 0.2) is 18.2 Å². The molecule has 16 heavy (non-hydrogen) atoms. The van der Waals surface area contributed by atoms with Gasteiger partial charge in [0.05, 0.1) is 13.5 Å². The molecule has 88 valence electrons. The van der Waals surface area contributed by atoms with Gasteiger partial charge in [-0.2, -0.15) is 0 Å². The molecular weight excluding hydrogens is 210 g/mol. The smallest absolute Gasteiger partial charge is 0.304 e. The van der Waals surface area contributed by atoms with Crippen molar-refractivity contribution >= 4 is 5.97 Å². The van der Waals surface area contributed by atoms with E-state index in [1.807, 2.05) is 0 Å². The summed E-state index contributed by atoms with van der Waals surface area (Å²) >= 11 is 0. The molecular formula is C11H15NO4. The van der Waals surface area contributed by atoms with Gasteiger partial charge in [-0.3, -0.25) is 4.79 Å². The second kappa shape index (κ2) is 5.97. The molecule has 5 nitrogen and oxygen atoms in total. The van der Waals surface area contributed by atoms with Crippen molar-refractivity contribution in [3.8, 4) is 11.5 Å². The average Bonchev–Trinajstić information content (AvgIpc) is 2.26. The number of ether oxygens (including phenoxy) is 1. The summed E-state index contributed by atoms with van der Waals surface area (Å²) in [5, 5.41) is 20.8. The van der Waals surface area contributed by atoms with Crippen LogP contribution in [0.3, 0.4) is 0 Å². The maximum absolute atomic E-state index is 10.3. The van der Waals surface area contributed by atoms with Crippen LogP contribution in [-0.4, -0.2) is 29.8 Å². The molecule has 0 unspecified atom stereocenters. The van der Waals surface area contributed by atoms with Crippen LogP contribution in [0.4, 0.5) is 0 Å². The average molecular weight is 225 g/mol. The van der Waals surface area contributed by atoms with E-state index in [1.54, 1.807) is 18.2 Å². The molecule has 0 fully saturated rings. The van der Waals surface area contributed by atoms with Gasteiger partial charge in [0, 0.05) is 13.1 Å². The predicted octanol–water partition coefficient (Wildman–Crippen LogP) is 0.965. The maximum Gasteiger partial charge on any atom is 0.304 e. The van der Waals surface area contributed by atoms with Gasteiger partial charge < -0.3 is 20.3 Å². The summed E-state index contributed by atoms with van der Waals surface area (Å²) in [4.78, 5) is 10.3. The molecule has 0 amide bonds. The fraction of sp³-hybridized carbons (Fsp3) is 0.364. The zero-order valence-electron chi connectivity index (χ0n) is 9.06. The maximum atomic E-state index is 10.3. The standard InChI is InChI=1S/C11H15NO4/c1-16-10-6-8(2-3-9(10)13)7-12-5-4-11(14)15/h2-3,6,12-13H,4-5,7H2,1H3,(H,14,15). The monoisotopic (exact) mass is 225 g/mol. The molecule has 0 saturated heterocycles. The van der Waals surface area contributed by atoms with Crippen LogP contribution >= 0.6 is 0 Å². The molecule has 1 aromatic rings. The van der Waals surface area contributed by atoms with Gasteiger partial charge in [-0.15, -0.1) is 0 Å². The van der Waals surface area contributed by atoms with Gasteiger partial charge >= 0.3 is 5.97 Å². The third-order valence-corrected chi connectivity index (χ3v) is 2.09. The molecule has 0 atom stereocenters. The van der Waals surface area contributed by atoms with Gasteiger partial charge in [0.1, 0.15) is 0 Å². The molecule has 1 aromatic carbocycles. The topological polar surface area (TPSA) is 78.8 Å². The number of carboxylic acid groups (broad SMARTS) is 1. The van der Waals surface area contributed by atoms with Gasteiger partial charge in [-0.1, -0.05) is 6.07 Å². The van der Waals surface area contributed by atoms with Gasteiger partial charge in [-0.05, 0) is 17.7 Å². The van der Waals surface area contributed by atoms with E-state index in [0.29, 0.717) is 18.8 Å². The molecule has 0 aromatic heterocycles. The number of benzene rings is 1. The van der Waals surface area contributed by atoms with E-state index < -0.39 is 5.97 Å². The van der Waals surface area contributed by atoms with Crippen LogP contribution in [0, 0.1) is 0 Å². The Morgan fingerprint density at radius 2 is 2.25 bits per heavy atom. The van der Waals surface area contributed by atoms with Crippen molar-refractivity contribution in [2.45, 2.75) is 13.0 Å². The predicted molar refractivity (Wildman–Crippen MR) is 58.6 cm³/mol. The molecule has 0 spiro atoms. The van der Waals surface area contributed by atoms with Crippen LogP contribution < -0.4 is 10.1 Å². The highest BCUT2D eigenvalue weighted by atomic mass is 16.5. The minimum Gasteiger partial charge on any atom is -0.504 e. The Morgan fingerprint density at radius 1 is 1.50 bits per heavy atom. The molecule has 0 aliphatic carbocycles. The SMILES string of the molecule is COc1cc(CNCCC(=O)O)ccc1O. The lowest BCUT2D eigenvalue weighted by Crippen LogP contribution is -2.17. The Morgan fingerprint density at radius 3 is 2.88 bits per heavy atom. The van der Waals surface area contributed by atoms with Crippen LogP contribution in [0.1, 0.15) is 12.0 Å². The lowest BCUT2D eigenvalue weighted by atomic mass is 10.2. The molecule has 0 aliphatic rings. The number of rotatable bonds is 6. The number of aliphatic carboxylic acids is 1. The zero-order valence-corrected chi connectivity index (χ0v) is 9.06. The molecule has 0 radical (unpaired) electrons. The second-order valence-corrected chi connectivity index (χ2v) is 3.33. The first kappa shape index (κ1) is 12.3. The third kappa shape index (κ3) is 3.78. The van der Waals surface area contributed by atoms with Crippen molar-refractivity contribution in [3.05, 3.63) is 23.8 Å². The largest absolute Gasteiger partial charge is 0.504 e. The summed E-state index contributed by atoms with van der Waals surface area (Å²) in [6.07, 6.45) is 0.0925. The summed E-state index contributed by atoms with van der Waals surface area (Å²) in [6, 6.07) is 5.02. The van der Waals surface area contributed by atoms with Crippen LogP contribution in [0.5, 0.6) is 11.5 Å². The normalized spacial score (nSPS) is 10.1. The summed E-state index contributed by atoms with van der Waals surface area (Å²) in [5.41, 5.74) is 0.931. The molecule has 0 aliphatic heterocycles. The lowest BCUT2D eigenvalue weighted by molar-refractivity contribution is -0.136. The van der Waals surface area contributed by atoms with Gasteiger partial charge in [0.25, 0.3) is 0 Å². The highest BCUT2D eigenvalue weighted by Gasteiger charge is 2.02. The zero-order chi connectivity index (χ0) is 12.0. The molecule has 0 heterocycles. The van der Waals surface area contributed by atoms with Crippen LogP contribution in [0.2, 0.25) is 0 Å². The van der Waals surface area contributed by atoms with E-state index in [1.165, 1.54) is 7.11 Å². The first-order valence-corrected chi connectivity index (χ1v) is 4.92. The number of methoxy groups -OCH3 is 1. The van der Waals surface area contributed by atoms with Crippen molar-refractivity contribution in [2.75, 3.05) is 13.7 Å². The number of carboxylic acids is 1. The van der Waals surface area contributed by atoms with Crippen LogP contribution in [0.25, 0.3) is 0 Å². The number of phenols is 1. The van der Waals surface area contributed by atoms with Crippen molar-refractivity contribution in [3.63, 3.8) is 0 Å². The van der Waals surface area contributed by atoms with E-state index >= 15 is 0 Å². The molecule has 3 N–H and O–H groups in total. The van der Waals surface area contributed by atoms with Crippen molar-refractivity contribution in [1.82, 2.24) is 5.32 Å². The summed E-state index contributed by atoms with van der Waals surface area (Å²) in [6.45, 7) is 0.961. The van der Waals surface area contributed by atoms with Crippen LogP contribution in [-0.2, 0) is 11.3 Å². The third-order valence-electron chi connectivity index (χ3n) is 2.09. The number of hydrogen-bond donors (Lipinski definition) is 3.